The van der Waals surface area contributed by atoms with Crippen LogP contribution in [0.15, 0.2) is 0 Å². The fourth-order valence-electron chi connectivity index (χ4n) is 0.177. The van der Waals surface area contributed by atoms with Gasteiger partial charge in [-0.2, -0.15) is 0 Å². The van der Waals surface area contributed by atoms with Gasteiger partial charge in [0, 0.05) is 0 Å². The minimum atomic E-state index is -1.82. The lowest BCUT2D eigenvalue weighted by Gasteiger charge is -2.09. The molecule has 0 radical (unpaired) electrons. The lowest BCUT2D eigenvalue weighted by molar-refractivity contribution is -0.159. The molecule has 1 aliphatic heterocycles. The molecule has 0 atom stereocenters. The summed E-state index contributed by atoms with van der Waals surface area (Å²) >= 11 is 0. The Kier molecular flexibility index (Phi) is 4.23. The van der Waals surface area contributed by atoms with E-state index in [1.807, 2.05) is 0 Å². The van der Waals surface area contributed by atoms with Crippen LogP contribution in [0.4, 0.5) is 0 Å². The molecule has 0 spiro atoms. The summed E-state index contributed by atoms with van der Waals surface area (Å²) in [6, 6.07) is 0. The molecular weight excluding hydrogens is 138 g/mol. The number of carbonyl (C=O) groups is 2. The summed E-state index contributed by atoms with van der Waals surface area (Å²) in [6.45, 7) is 2.50. The normalized spacial score (nSPS) is 14.0. The maximum Gasteiger partial charge on any atom is 0.414 e. The average Bonchev–Trinajstić information content (AvgIpc) is 1.59. The summed E-state index contributed by atoms with van der Waals surface area (Å²) in [4.78, 5) is 18.2. The molecule has 1 saturated heterocycles. The van der Waals surface area contributed by atoms with Crippen molar-refractivity contribution in [1.29, 1.82) is 0 Å². The van der Waals surface area contributed by atoms with E-state index in [1.165, 1.54) is 19.5 Å². The predicted octanol–water partition coefficient (Wildman–Crippen LogP) is -0.865. The highest BCUT2D eigenvalue weighted by molar-refractivity contribution is 6.27. The van der Waals surface area contributed by atoms with Gasteiger partial charge < -0.3 is 15.5 Å². The Morgan fingerprint density at radius 2 is 1.30 bits per heavy atom. The molecule has 5 nitrogen and oxygen atoms in total. The van der Waals surface area contributed by atoms with E-state index in [0.29, 0.717) is 0 Å². The van der Waals surface area contributed by atoms with E-state index in [0.717, 1.165) is 0 Å². The SMILES string of the molecule is C1CNC1.O=C(O)C(=O)O. The van der Waals surface area contributed by atoms with Crippen molar-refractivity contribution in [3.05, 3.63) is 0 Å². The fraction of sp³-hybridized carbons (Fsp3) is 0.600. The van der Waals surface area contributed by atoms with Crippen LogP contribution in [0.2, 0.25) is 0 Å². The van der Waals surface area contributed by atoms with Crippen LogP contribution in [0, 0.1) is 0 Å². The molecule has 0 aromatic carbocycles. The number of carboxylic acid groups (broad SMARTS) is 2. The molecule has 0 saturated carbocycles. The van der Waals surface area contributed by atoms with E-state index in [2.05, 4.69) is 5.32 Å². The lowest BCUT2D eigenvalue weighted by atomic mass is 10.3. The number of hydrogen-bond acceptors (Lipinski definition) is 3. The molecule has 10 heavy (non-hydrogen) atoms. The molecule has 0 aromatic heterocycles. The minimum Gasteiger partial charge on any atom is -0.473 e. The van der Waals surface area contributed by atoms with Crippen LogP contribution < -0.4 is 5.32 Å². The number of rotatable bonds is 0. The molecule has 0 aliphatic carbocycles. The first-order valence-electron chi connectivity index (χ1n) is 2.81. The largest absolute Gasteiger partial charge is 0.473 e. The van der Waals surface area contributed by atoms with Gasteiger partial charge in [-0.05, 0) is 19.5 Å². The molecule has 1 fully saturated rings. The first-order chi connectivity index (χ1) is 4.64. The molecule has 1 aliphatic rings. The fourth-order valence-corrected chi connectivity index (χ4v) is 0.177. The van der Waals surface area contributed by atoms with Crippen molar-refractivity contribution in [3.8, 4) is 0 Å². The third-order valence-electron chi connectivity index (χ3n) is 0.890. The number of aliphatic carboxylic acids is 2. The van der Waals surface area contributed by atoms with Gasteiger partial charge in [0.15, 0.2) is 0 Å². The van der Waals surface area contributed by atoms with Crippen LogP contribution in [0.1, 0.15) is 6.42 Å². The van der Waals surface area contributed by atoms with Crippen molar-refractivity contribution in [2.75, 3.05) is 13.1 Å². The van der Waals surface area contributed by atoms with Crippen LogP contribution in [0.3, 0.4) is 0 Å². The van der Waals surface area contributed by atoms with Crippen molar-refractivity contribution < 1.29 is 19.8 Å². The molecule has 5 heteroatoms. The summed E-state index contributed by atoms with van der Waals surface area (Å²) in [7, 11) is 0. The Hall–Kier alpha value is -1.10. The molecule has 0 bridgehead atoms. The molecule has 1 rings (SSSR count). The van der Waals surface area contributed by atoms with Crippen LogP contribution in [0.5, 0.6) is 0 Å². The van der Waals surface area contributed by atoms with Gasteiger partial charge >= 0.3 is 11.9 Å². The molecule has 3 N–H and O–H groups in total. The maximum absolute atomic E-state index is 9.10. The smallest absolute Gasteiger partial charge is 0.414 e. The summed E-state index contributed by atoms with van der Waals surface area (Å²) < 4.78 is 0. The highest BCUT2D eigenvalue weighted by Gasteiger charge is 2.04. The third kappa shape index (κ3) is 5.04. The average molecular weight is 147 g/mol. The van der Waals surface area contributed by atoms with Gasteiger partial charge in [0.25, 0.3) is 0 Å². The lowest BCUT2D eigenvalue weighted by Crippen LogP contribution is -2.29. The van der Waals surface area contributed by atoms with Crippen LogP contribution >= 0.6 is 0 Å². The molecule has 0 aromatic rings. The number of hydrogen-bond donors (Lipinski definition) is 3. The van der Waals surface area contributed by atoms with Crippen LogP contribution in [-0.4, -0.2) is 35.2 Å². The highest BCUT2D eigenvalue weighted by Crippen LogP contribution is 1.80. The van der Waals surface area contributed by atoms with E-state index >= 15 is 0 Å². The third-order valence-corrected chi connectivity index (χ3v) is 0.890. The van der Waals surface area contributed by atoms with E-state index < -0.39 is 11.9 Å². The van der Waals surface area contributed by atoms with Gasteiger partial charge in [-0.15, -0.1) is 0 Å². The Morgan fingerprint density at radius 1 is 1.10 bits per heavy atom. The van der Waals surface area contributed by atoms with E-state index in [9.17, 15) is 0 Å². The Balaban J connectivity index is 0.000000172. The second-order valence-corrected chi connectivity index (χ2v) is 1.71. The zero-order valence-corrected chi connectivity index (χ0v) is 5.33. The second kappa shape index (κ2) is 4.75. The van der Waals surface area contributed by atoms with Gasteiger partial charge in [0.2, 0.25) is 0 Å². The van der Waals surface area contributed by atoms with Crippen molar-refractivity contribution >= 4 is 11.9 Å². The standard InChI is InChI=1S/C3H7N.C2H2O4/c1-2-4-3-1;3-1(4)2(5)6/h4H,1-3H2;(H,3,4)(H,5,6). The molecule has 0 amide bonds. The Labute approximate surface area is 57.7 Å². The summed E-state index contributed by atoms with van der Waals surface area (Å²) in [5.41, 5.74) is 0. The topological polar surface area (TPSA) is 86.6 Å². The van der Waals surface area contributed by atoms with Gasteiger partial charge in [-0.1, -0.05) is 0 Å². The summed E-state index contributed by atoms with van der Waals surface area (Å²) in [5, 5.41) is 17.9. The van der Waals surface area contributed by atoms with Crippen molar-refractivity contribution in [1.82, 2.24) is 5.32 Å². The molecular formula is C5H9NO4. The predicted molar refractivity (Wildman–Crippen MR) is 32.8 cm³/mol. The van der Waals surface area contributed by atoms with Gasteiger partial charge in [0.05, 0.1) is 0 Å². The van der Waals surface area contributed by atoms with E-state index in [-0.39, 0.29) is 0 Å². The van der Waals surface area contributed by atoms with Crippen molar-refractivity contribution in [2.24, 2.45) is 0 Å². The summed E-state index contributed by atoms with van der Waals surface area (Å²) in [6.07, 6.45) is 1.39. The first-order valence-corrected chi connectivity index (χ1v) is 2.81. The van der Waals surface area contributed by atoms with E-state index in [4.69, 9.17) is 19.8 Å². The van der Waals surface area contributed by atoms with Crippen molar-refractivity contribution in [2.45, 2.75) is 6.42 Å². The van der Waals surface area contributed by atoms with Gasteiger partial charge in [-0.3, -0.25) is 0 Å². The van der Waals surface area contributed by atoms with Crippen LogP contribution in [-0.2, 0) is 9.59 Å². The number of carboxylic acids is 2. The Bertz CT molecular complexity index is 114. The number of nitrogens with one attached hydrogen (secondary N) is 1. The quantitative estimate of drug-likeness (QED) is 0.388. The summed E-state index contributed by atoms with van der Waals surface area (Å²) in [5.74, 6) is -3.65. The first kappa shape index (κ1) is 8.90. The molecule has 58 valence electrons. The monoisotopic (exact) mass is 147 g/mol. The van der Waals surface area contributed by atoms with Gasteiger partial charge in [0.1, 0.15) is 0 Å². The Morgan fingerprint density at radius 3 is 1.30 bits per heavy atom. The van der Waals surface area contributed by atoms with E-state index in [1.54, 1.807) is 0 Å². The van der Waals surface area contributed by atoms with Crippen molar-refractivity contribution in [3.63, 3.8) is 0 Å². The second-order valence-electron chi connectivity index (χ2n) is 1.71. The molecule has 1 heterocycles. The van der Waals surface area contributed by atoms with Gasteiger partial charge in [-0.25, -0.2) is 9.59 Å². The highest BCUT2D eigenvalue weighted by atomic mass is 16.4. The van der Waals surface area contributed by atoms with Crippen LogP contribution in [0.25, 0.3) is 0 Å². The molecule has 0 unspecified atom stereocenters. The maximum atomic E-state index is 9.10. The zero-order chi connectivity index (χ0) is 7.98. The zero-order valence-electron chi connectivity index (χ0n) is 5.33. The minimum absolute atomic E-state index is 1.25.